The lowest BCUT2D eigenvalue weighted by molar-refractivity contribution is 0.476. The quantitative estimate of drug-likeness (QED) is 0.447. The van der Waals surface area contributed by atoms with Gasteiger partial charge in [0.05, 0.1) is 6.20 Å². The minimum absolute atomic E-state index is 0.807. The minimum atomic E-state index is 0.807. The summed E-state index contributed by atoms with van der Waals surface area (Å²) in [5.74, 6) is 0.951. The maximum atomic E-state index is 4.74. The van der Waals surface area contributed by atoms with Crippen LogP contribution in [0.4, 0.5) is 0 Å². The first kappa shape index (κ1) is 18.5. The maximum Gasteiger partial charge on any atom is 0.193 e. The molecule has 130 valence electrons. The van der Waals surface area contributed by atoms with Gasteiger partial charge in [0.25, 0.3) is 0 Å². The molecular weight excluding hydrogens is 366 g/mol. The van der Waals surface area contributed by atoms with Crippen LogP contribution in [0, 0.1) is 0 Å². The van der Waals surface area contributed by atoms with Crippen LogP contribution in [0.25, 0.3) is 0 Å². The molecule has 5 nitrogen and oxygen atoms in total. The summed E-state index contributed by atoms with van der Waals surface area (Å²) in [5, 5.41) is 7.57. The van der Waals surface area contributed by atoms with Crippen molar-refractivity contribution in [2.45, 2.75) is 26.3 Å². The van der Waals surface area contributed by atoms with Crippen LogP contribution < -0.4 is 5.32 Å². The number of hydrogen-bond acceptors (Lipinski definition) is 2. The second-order valence-corrected chi connectivity index (χ2v) is 6.76. The van der Waals surface area contributed by atoms with Gasteiger partial charge in [-0.3, -0.25) is 9.67 Å². The molecular formula is C18H26BrN5. The molecule has 1 heterocycles. The van der Waals surface area contributed by atoms with Crippen LogP contribution in [0.2, 0.25) is 0 Å². The summed E-state index contributed by atoms with van der Waals surface area (Å²) in [6, 6.07) is 8.40. The Kier molecular flexibility index (Phi) is 7.31. The molecule has 1 aromatic heterocycles. The topological polar surface area (TPSA) is 45.5 Å². The first-order valence-corrected chi connectivity index (χ1v) is 9.09. The van der Waals surface area contributed by atoms with E-state index in [9.17, 15) is 0 Å². The molecule has 24 heavy (non-hydrogen) atoms. The van der Waals surface area contributed by atoms with E-state index < -0.39 is 0 Å². The summed E-state index contributed by atoms with van der Waals surface area (Å²) < 4.78 is 2.94. The van der Waals surface area contributed by atoms with Crippen molar-refractivity contribution < 1.29 is 0 Å². The SMILES string of the molecule is CCNC(=NCCCc1cnn(C)c1)N(C)Cc1ccc(Br)cc1. The lowest BCUT2D eigenvalue weighted by atomic mass is 10.2. The zero-order valence-electron chi connectivity index (χ0n) is 14.7. The van der Waals surface area contributed by atoms with Crippen LogP contribution in [0.5, 0.6) is 0 Å². The summed E-state index contributed by atoms with van der Waals surface area (Å²) in [5.41, 5.74) is 2.53. The third kappa shape index (κ3) is 6.00. The number of aryl methyl sites for hydroxylation is 2. The molecule has 0 atom stereocenters. The predicted octanol–water partition coefficient (Wildman–Crippen LogP) is 3.21. The van der Waals surface area contributed by atoms with Crippen LogP contribution in [-0.2, 0) is 20.0 Å². The van der Waals surface area contributed by atoms with Gasteiger partial charge in [0.15, 0.2) is 5.96 Å². The maximum absolute atomic E-state index is 4.74. The molecule has 6 heteroatoms. The highest BCUT2D eigenvalue weighted by Gasteiger charge is 2.06. The van der Waals surface area contributed by atoms with Gasteiger partial charge in [-0.05, 0) is 43.0 Å². The molecule has 0 radical (unpaired) electrons. The number of halogens is 1. The predicted molar refractivity (Wildman–Crippen MR) is 103 cm³/mol. The Morgan fingerprint density at radius 2 is 2.04 bits per heavy atom. The zero-order chi connectivity index (χ0) is 17.4. The van der Waals surface area contributed by atoms with Crippen molar-refractivity contribution in [3.05, 3.63) is 52.3 Å². The van der Waals surface area contributed by atoms with Gasteiger partial charge in [0, 0.05) is 44.4 Å². The van der Waals surface area contributed by atoms with Crippen molar-refractivity contribution in [2.75, 3.05) is 20.1 Å². The van der Waals surface area contributed by atoms with Crippen molar-refractivity contribution in [1.29, 1.82) is 0 Å². The number of aromatic nitrogens is 2. The van der Waals surface area contributed by atoms with Crippen molar-refractivity contribution >= 4 is 21.9 Å². The Balaban J connectivity index is 1.87. The molecule has 0 aliphatic rings. The standard InChI is InChI=1S/C18H26BrN5/c1-4-20-18(21-11-5-6-16-12-22-24(3)14-16)23(2)13-15-7-9-17(19)10-8-15/h7-10,12,14H,4-6,11,13H2,1-3H3,(H,20,21). The normalized spacial score (nSPS) is 11.6. The highest BCUT2D eigenvalue weighted by atomic mass is 79.9. The van der Waals surface area contributed by atoms with Gasteiger partial charge in [-0.25, -0.2) is 0 Å². The third-order valence-corrected chi connectivity index (χ3v) is 4.20. The molecule has 0 bridgehead atoms. The summed E-state index contributed by atoms with van der Waals surface area (Å²) in [4.78, 5) is 6.91. The molecule has 0 aliphatic carbocycles. The van der Waals surface area contributed by atoms with E-state index in [0.717, 1.165) is 42.9 Å². The average Bonchev–Trinajstić information content (AvgIpc) is 2.98. The first-order chi connectivity index (χ1) is 11.6. The Bertz CT molecular complexity index is 648. The van der Waals surface area contributed by atoms with E-state index in [-0.39, 0.29) is 0 Å². The summed E-state index contributed by atoms with van der Waals surface area (Å²) in [6.07, 6.45) is 6.02. The van der Waals surface area contributed by atoms with Gasteiger partial charge in [0.2, 0.25) is 0 Å². The molecule has 0 aliphatic heterocycles. The number of nitrogens with zero attached hydrogens (tertiary/aromatic N) is 4. The number of nitrogens with one attached hydrogen (secondary N) is 1. The van der Waals surface area contributed by atoms with Gasteiger partial charge >= 0.3 is 0 Å². The van der Waals surface area contributed by atoms with Crippen molar-refractivity contribution in [2.24, 2.45) is 12.0 Å². The van der Waals surface area contributed by atoms with E-state index in [1.165, 1.54) is 11.1 Å². The van der Waals surface area contributed by atoms with Gasteiger partial charge in [-0.1, -0.05) is 28.1 Å². The zero-order valence-corrected chi connectivity index (χ0v) is 16.3. The van der Waals surface area contributed by atoms with E-state index in [1.54, 1.807) is 0 Å². The monoisotopic (exact) mass is 391 g/mol. The summed E-state index contributed by atoms with van der Waals surface area (Å²) in [7, 11) is 4.02. The molecule has 2 rings (SSSR count). The van der Waals surface area contributed by atoms with E-state index in [2.05, 4.69) is 75.7 Å². The first-order valence-electron chi connectivity index (χ1n) is 8.30. The number of guanidine groups is 1. The summed E-state index contributed by atoms with van der Waals surface area (Å²) in [6.45, 7) is 4.61. The fraction of sp³-hybridized carbons (Fsp3) is 0.444. The fourth-order valence-corrected chi connectivity index (χ4v) is 2.74. The van der Waals surface area contributed by atoms with Crippen molar-refractivity contribution in [3.8, 4) is 0 Å². The van der Waals surface area contributed by atoms with Crippen LogP contribution in [0.1, 0.15) is 24.5 Å². The van der Waals surface area contributed by atoms with Gasteiger partial charge in [0.1, 0.15) is 0 Å². The lowest BCUT2D eigenvalue weighted by Gasteiger charge is -2.22. The molecule has 0 saturated carbocycles. The Morgan fingerprint density at radius 3 is 2.67 bits per heavy atom. The Hall–Kier alpha value is -1.82. The highest BCUT2D eigenvalue weighted by Crippen LogP contribution is 2.12. The number of hydrogen-bond donors (Lipinski definition) is 1. The van der Waals surface area contributed by atoms with Crippen LogP contribution in [0.3, 0.4) is 0 Å². The van der Waals surface area contributed by atoms with Gasteiger partial charge in [-0.2, -0.15) is 5.10 Å². The Labute approximate surface area is 152 Å². The highest BCUT2D eigenvalue weighted by molar-refractivity contribution is 9.10. The van der Waals surface area contributed by atoms with Gasteiger partial charge < -0.3 is 10.2 Å². The smallest absolute Gasteiger partial charge is 0.193 e. The molecule has 2 aromatic rings. The van der Waals surface area contributed by atoms with Crippen LogP contribution >= 0.6 is 15.9 Å². The second-order valence-electron chi connectivity index (χ2n) is 5.84. The largest absolute Gasteiger partial charge is 0.357 e. The van der Waals surface area contributed by atoms with Crippen LogP contribution in [0.15, 0.2) is 46.1 Å². The summed E-state index contributed by atoms with van der Waals surface area (Å²) >= 11 is 3.47. The Morgan fingerprint density at radius 1 is 1.29 bits per heavy atom. The molecule has 0 spiro atoms. The van der Waals surface area contributed by atoms with E-state index >= 15 is 0 Å². The number of aliphatic imine (C=N–C) groups is 1. The lowest BCUT2D eigenvalue weighted by Crippen LogP contribution is -2.38. The minimum Gasteiger partial charge on any atom is -0.357 e. The van der Waals surface area contributed by atoms with Crippen molar-refractivity contribution in [1.82, 2.24) is 20.0 Å². The number of benzene rings is 1. The second kappa shape index (κ2) is 9.47. The fourth-order valence-electron chi connectivity index (χ4n) is 2.48. The van der Waals surface area contributed by atoms with Crippen LogP contribution in [-0.4, -0.2) is 40.8 Å². The van der Waals surface area contributed by atoms with E-state index in [1.807, 2.05) is 17.9 Å². The number of rotatable bonds is 7. The molecule has 1 N–H and O–H groups in total. The van der Waals surface area contributed by atoms with E-state index in [4.69, 9.17) is 4.99 Å². The third-order valence-electron chi connectivity index (χ3n) is 3.67. The molecule has 0 amide bonds. The molecule has 1 aromatic carbocycles. The molecule has 0 fully saturated rings. The average molecular weight is 392 g/mol. The van der Waals surface area contributed by atoms with E-state index in [0.29, 0.717) is 0 Å². The molecule has 0 saturated heterocycles. The molecule has 0 unspecified atom stereocenters. The van der Waals surface area contributed by atoms with Crippen molar-refractivity contribution in [3.63, 3.8) is 0 Å². The van der Waals surface area contributed by atoms with Gasteiger partial charge in [-0.15, -0.1) is 0 Å².